The Morgan fingerprint density at radius 2 is 1.69 bits per heavy atom. The molecular formula is C14H29NO. The Balaban J connectivity index is 1.94. The van der Waals surface area contributed by atoms with Gasteiger partial charge in [0.1, 0.15) is 0 Å². The SMILES string of the molecule is CCCCCCCCC(N)C1CCOCC1. The lowest BCUT2D eigenvalue weighted by Gasteiger charge is -2.27. The van der Waals surface area contributed by atoms with Crippen LogP contribution in [0.25, 0.3) is 0 Å². The Morgan fingerprint density at radius 3 is 2.38 bits per heavy atom. The molecule has 0 radical (unpaired) electrons. The summed E-state index contributed by atoms with van der Waals surface area (Å²) in [6.07, 6.45) is 11.8. The Bertz CT molecular complexity index is 155. The Kier molecular flexibility index (Phi) is 7.87. The summed E-state index contributed by atoms with van der Waals surface area (Å²) in [4.78, 5) is 0. The van der Waals surface area contributed by atoms with Crippen molar-refractivity contribution in [3.05, 3.63) is 0 Å². The highest BCUT2D eigenvalue weighted by Crippen LogP contribution is 2.21. The first-order valence-corrected chi connectivity index (χ1v) is 7.18. The fourth-order valence-electron chi connectivity index (χ4n) is 2.54. The Hall–Kier alpha value is -0.0800. The normalized spacial score (nSPS) is 19.9. The van der Waals surface area contributed by atoms with Gasteiger partial charge in [0.25, 0.3) is 0 Å². The molecule has 1 aliphatic rings. The molecule has 1 rings (SSSR count). The zero-order valence-electron chi connectivity index (χ0n) is 10.9. The fraction of sp³-hybridized carbons (Fsp3) is 1.00. The number of rotatable bonds is 8. The van der Waals surface area contributed by atoms with Crippen LogP contribution in [0.4, 0.5) is 0 Å². The maximum absolute atomic E-state index is 6.23. The van der Waals surface area contributed by atoms with Crippen LogP contribution in [0.3, 0.4) is 0 Å². The van der Waals surface area contributed by atoms with Gasteiger partial charge in [-0.3, -0.25) is 0 Å². The van der Waals surface area contributed by atoms with Gasteiger partial charge < -0.3 is 10.5 Å². The number of unbranched alkanes of at least 4 members (excludes halogenated alkanes) is 5. The van der Waals surface area contributed by atoms with E-state index in [4.69, 9.17) is 10.5 Å². The molecule has 2 heteroatoms. The van der Waals surface area contributed by atoms with Crippen molar-refractivity contribution in [2.75, 3.05) is 13.2 Å². The number of ether oxygens (including phenoxy) is 1. The van der Waals surface area contributed by atoms with E-state index in [1.165, 1.54) is 57.8 Å². The lowest BCUT2D eigenvalue weighted by molar-refractivity contribution is 0.0572. The van der Waals surface area contributed by atoms with Crippen LogP contribution >= 0.6 is 0 Å². The average molecular weight is 227 g/mol. The van der Waals surface area contributed by atoms with Gasteiger partial charge in [0.2, 0.25) is 0 Å². The molecule has 0 aromatic rings. The topological polar surface area (TPSA) is 35.2 Å². The van der Waals surface area contributed by atoms with Gasteiger partial charge in [0, 0.05) is 19.3 Å². The van der Waals surface area contributed by atoms with Crippen molar-refractivity contribution < 1.29 is 4.74 Å². The van der Waals surface area contributed by atoms with Gasteiger partial charge in [-0.15, -0.1) is 0 Å². The summed E-state index contributed by atoms with van der Waals surface area (Å²) in [6, 6.07) is 0.426. The zero-order chi connectivity index (χ0) is 11.6. The highest BCUT2D eigenvalue weighted by Gasteiger charge is 2.20. The summed E-state index contributed by atoms with van der Waals surface area (Å²) in [5.41, 5.74) is 6.23. The van der Waals surface area contributed by atoms with E-state index in [2.05, 4.69) is 6.92 Å². The van der Waals surface area contributed by atoms with Gasteiger partial charge >= 0.3 is 0 Å². The van der Waals surface area contributed by atoms with E-state index >= 15 is 0 Å². The van der Waals surface area contributed by atoms with Crippen LogP contribution in [0.2, 0.25) is 0 Å². The van der Waals surface area contributed by atoms with Crippen LogP contribution in [0.1, 0.15) is 64.7 Å². The molecule has 0 saturated carbocycles. The van der Waals surface area contributed by atoms with E-state index < -0.39 is 0 Å². The number of hydrogen-bond acceptors (Lipinski definition) is 2. The second kappa shape index (κ2) is 9.00. The molecule has 1 aliphatic heterocycles. The molecule has 0 aromatic carbocycles. The zero-order valence-corrected chi connectivity index (χ0v) is 10.9. The highest BCUT2D eigenvalue weighted by molar-refractivity contribution is 4.75. The molecule has 1 saturated heterocycles. The van der Waals surface area contributed by atoms with Gasteiger partial charge in [0.05, 0.1) is 0 Å². The van der Waals surface area contributed by atoms with Gasteiger partial charge in [-0.25, -0.2) is 0 Å². The molecule has 0 spiro atoms. The van der Waals surface area contributed by atoms with Crippen LogP contribution in [0.5, 0.6) is 0 Å². The first kappa shape index (κ1) is 14.0. The Morgan fingerprint density at radius 1 is 1.06 bits per heavy atom. The lowest BCUT2D eigenvalue weighted by Crippen LogP contribution is -2.34. The molecule has 1 heterocycles. The average Bonchev–Trinajstić information content (AvgIpc) is 2.34. The summed E-state index contributed by atoms with van der Waals surface area (Å²) in [7, 11) is 0. The third-order valence-corrected chi connectivity index (χ3v) is 3.76. The predicted octanol–water partition coefficient (Wildman–Crippen LogP) is 3.49. The van der Waals surface area contributed by atoms with Crippen molar-refractivity contribution in [1.82, 2.24) is 0 Å². The van der Waals surface area contributed by atoms with Gasteiger partial charge in [-0.1, -0.05) is 45.4 Å². The third kappa shape index (κ3) is 5.86. The molecule has 2 nitrogen and oxygen atoms in total. The summed E-state index contributed by atoms with van der Waals surface area (Å²) >= 11 is 0. The van der Waals surface area contributed by atoms with Crippen molar-refractivity contribution >= 4 is 0 Å². The van der Waals surface area contributed by atoms with Gasteiger partial charge in [-0.05, 0) is 25.2 Å². The lowest BCUT2D eigenvalue weighted by atomic mass is 9.89. The minimum Gasteiger partial charge on any atom is -0.381 e. The minimum absolute atomic E-state index is 0.426. The first-order valence-electron chi connectivity index (χ1n) is 7.18. The quantitative estimate of drug-likeness (QED) is 0.644. The van der Waals surface area contributed by atoms with Crippen molar-refractivity contribution in [1.29, 1.82) is 0 Å². The maximum atomic E-state index is 6.23. The monoisotopic (exact) mass is 227 g/mol. The Labute approximate surface area is 101 Å². The van der Waals surface area contributed by atoms with Gasteiger partial charge in [-0.2, -0.15) is 0 Å². The highest BCUT2D eigenvalue weighted by atomic mass is 16.5. The standard InChI is InChI=1S/C14H29NO/c1-2-3-4-5-6-7-8-14(15)13-9-11-16-12-10-13/h13-14H,2-12,15H2,1H3. The second-order valence-electron chi connectivity index (χ2n) is 5.17. The molecule has 0 aromatic heterocycles. The van der Waals surface area contributed by atoms with Crippen molar-refractivity contribution in [3.63, 3.8) is 0 Å². The van der Waals surface area contributed by atoms with E-state index in [9.17, 15) is 0 Å². The smallest absolute Gasteiger partial charge is 0.0469 e. The predicted molar refractivity (Wildman–Crippen MR) is 69.5 cm³/mol. The first-order chi connectivity index (χ1) is 7.84. The molecule has 1 atom stereocenters. The van der Waals surface area contributed by atoms with Crippen molar-refractivity contribution in [2.45, 2.75) is 70.8 Å². The van der Waals surface area contributed by atoms with Crippen molar-refractivity contribution in [3.8, 4) is 0 Å². The van der Waals surface area contributed by atoms with Crippen LogP contribution in [0.15, 0.2) is 0 Å². The summed E-state index contributed by atoms with van der Waals surface area (Å²) < 4.78 is 5.36. The van der Waals surface area contributed by atoms with Crippen LogP contribution < -0.4 is 5.73 Å². The van der Waals surface area contributed by atoms with E-state index in [-0.39, 0.29) is 0 Å². The third-order valence-electron chi connectivity index (χ3n) is 3.76. The molecule has 0 amide bonds. The molecule has 0 bridgehead atoms. The van der Waals surface area contributed by atoms with E-state index in [0.717, 1.165) is 19.1 Å². The number of hydrogen-bond donors (Lipinski definition) is 1. The molecular weight excluding hydrogens is 198 g/mol. The number of nitrogens with two attached hydrogens (primary N) is 1. The van der Waals surface area contributed by atoms with Crippen LogP contribution in [0, 0.1) is 5.92 Å². The molecule has 2 N–H and O–H groups in total. The van der Waals surface area contributed by atoms with E-state index in [1.54, 1.807) is 0 Å². The molecule has 96 valence electrons. The minimum atomic E-state index is 0.426. The molecule has 1 fully saturated rings. The second-order valence-corrected chi connectivity index (χ2v) is 5.17. The molecule has 16 heavy (non-hydrogen) atoms. The summed E-state index contributed by atoms with van der Waals surface area (Å²) in [5, 5.41) is 0. The van der Waals surface area contributed by atoms with E-state index in [1.807, 2.05) is 0 Å². The maximum Gasteiger partial charge on any atom is 0.0469 e. The summed E-state index contributed by atoms with van der Waals surface area (Å²) in [5.74, 6) is 0.726. The fourth-order valence-corrected chi connectivity index (χ4v) is 2.54. The summed E-state index contributed by atoms with van der Waals surface area (Å²) in [6.45, 7) is 4.12. The largest absolute Gasteiger partial charge is 0.381 e. The van der Waals surface area contributed by atoms with Crippen molar-refractivity contribution in [2.24, 2.45) is 11.7 Å². The van der Waals surface area contributed by atoms with E-state index in [0.29, 0.717) is 6.04 Å². The van der Waals surface area contributed by atoms with Crippen LogP contribution in [-0.4, -0.2) is 19.3 Å². The van der Waals surface area contributed by atoms with Crippen LogP contribution in [-0.2, 0) is 4.74 Å². The molecule has 0 aliphatic carbocycles. The van der Waals surface area contributed by atoms with Gasteiger partial charge in [0.15, 0.2) is 0 Å². The molecule has 1 unspecified atom stereocenters.